The number of hydrogen-bond donors (Lipinski definition) is 2. The van der Waals surface area contributed by atoms with Crippen molar-refractivity contribution in [3.8, 4) is 0 Å². The average Bonchev–Trinajstić information content (AvgIpc) is 2.33. The van der Waals surface area contributed by atoms with Gasteiger partial charge in [-0.1, -0.05) is 0 Å². The lowest BCUT2D eigenvalue weighted by molar-refractivity contribution is -0.136. The van der Waals surface area contributed by atoms with E-state index in [0.717, 1.165) is 32.5 Å². The molecule has 0 aromatic carbocycles. The highest BCUT2D eigenvalue weighted by molar-refractivity contribution is 5.88. The molecule has 0 radical (unpaired) electrons. The van der Waals surface area contributed by atoms with Gasteiger partial charge in [-0.25, -0.2) is 0 Å². The van der Waals surface area contributed by atoms with Crippen LogP contribution in [0.1, 0.15) is 25.7 Å². The van der Waals surface area contributed by atoms with Gasteiger partial charge in [0.2, 0.25) is 11.8 Å². The molecule has 1 atom stereocenters. The van der Waals surface area contributed by atoms with E-state index in [1.54, 1.807) is 0 Å². The fourth-order valence-electron chi connectivity index (χ4n) is 2.26. The zero-order valence-electron chi connectivity index (χ0n) is 9.50. The Morgan fingerprint density at radius 2 is 2.00 bits per heavy atom. The highest BCUT2D eigenvalue weighted by Crippen LogP contribution is 2.11. The number of nitrogens with zero attached hydrogens (tertiary/aromatic N) is 1. The Balaban J connectivity index is 1.83. The second kappa shape index (κ2) is 5.30. The van der Waals surface area contributed by atoms with E-state index in [4.69, 9.17) is 0 Å². The molecule has 16 heavy (non-hydrogen) atoms. The fraction of sp³-hybridized carbons (Fsp3) is 0.818. The summed E-state index contributed by atoms with van der Waals surface area (Å²) < 4.78 is 0. The Labute approximate surface area is 95.6 Å². The fourth-order valence-corrected chi connectivity index (χ4v) is 2.26. The standard InChI is InChI=1S/C11H19N3O2/c15-10(14-6-2-1-3-7-14)8-9-11(16)13-5-4-12-9/h9,12H,1-8H2,(H,13,16). The maximum absolute atomic E-state index is 11.9. The number of amides is 2. The van der Waals surface area contributed by atoms with Gasteiger partial charge in [0.25, 0.3) is 0 Å². The van der Waals surface area contributed by atoms with Crippen molar-refractivity contribution >= 4 is 11.8 Å². The monoisotopic (exact) mass is 225 g/mol. The van der Waals surface area contributed by atoms with Gasteiger partial charge in [0.05, 0.1) is 12.5 Å². The van der Waals surface area contributed by atoms with Crippen molar-refractivity contribution in [3.63, 3.8) is 0 Å². The first-order valence-corrected chi connectivity index (χ1v) is 6.06. The molecule has 5 nitrogen and oxygen atoms in total. The highest BCUT2D eigenvalue weighted by Gasteiger charge is 2.26. The molecule has 2 amide bonds. The number of piperazine rings is 1. The molecular formula is C11H19N3O2. The summed E-state index contributed by atoms with van der Waals surface area (Å²) in [6, 6.07) is -0.330. The molecule has 0 aromatic heterocycles. The topological polar surface area (TPSA) is 61.4 Å². The largest absolute Gasteiger partial charge is 0.353 e. The Bertz CT molecular complexity index is 274. The van der Waals surface area contributed by atoms with Gasteiger partial charge in [-0.05, 0) is 19.3 Å². The van der Waals surface area contributed by atoms with Crippen molar-refractivity contribution < 1.29 is 9.59 Å². The average molecular weight is 225 g/mol. The van der Waals surface area contributed by atoms with Gasteiger partial charge in [-0.15, -0.1) is 0 Å². The highest BCUT2D eigenvalue weighted by atomic mass is 16.2. The van der Waals surface area contributed by atoms with Gasteiger partial charge in [0, 0.05) is 26.2 Å². The number of carbonyl (C=O) groups excluding carboxylic acids is 2. The molecule has 2 fully saturated rings. The van der Waals surface area contributed by atoms with Gasteiger partial charge < -0.3 is 15.5 Å². The number of piperidine rings is 1. The van der Waals surface area contributed by atoms with E-state index in [9.17, 15) is 9.59 Å². The van der Waals surface area contributed by atoms with Crippen LogP contribution < -0.4 is 10.6 Å². The normalized spacial score (nSPS) is 26.4. The number of nitrogens with one attached hydrogen (secondary N) is 2. The lowest BCUT2D eigenvalue weighted by Gasteiger charge is -2.29. The van der Waals surface area contributed by atoms with Gasteiger partial charge in [-0.3, -0.25) is 9.59 Å². The van der Waals surface area contributed by atoms with Gasteiger partial charge in [-0.2, -0.15) is 0 Å². The van der Waals surface area contributed by atoms with Crippen molar-refractivity contribution in [1.29, 1.82) is 0 Å². The van der Waals surface area contributed by atoms with Crippen LogP contribution in [0.5, 0.6) is 0 Å². The van der Waals surface area contributed by atoms with Gasteiger partial charge in [0.1, 0.15) is 0 Å². The SMILES string of the molecule is O=C1NCCNC1CC(=O)N1CCCCC1. The first-order chi connectivity index (χ1) is 7.77. The molecule has 90 valence electrons. The van der Waals surface area contributed by atoms with Crippen molar-refractivity contribution in [2.45, 2.75) is 31.7 Å². The zero-order chi connectivity index (χ0) is 11.4. The third-order valence-corrected chi connectivity index (χ3v) is 3.22. The minimum Gasteiger partial charge on any atom is -0.353 e. The molecule has 0 aromatic rings. The summed E-state index contributed by atoms with van der Waals surface area (Å²) in [6.07, 6.45) is 3.70. The summed E-state index contributed by atoms with van der Waals surface area (Å²) in [5.41, 5.74) is 0. The van der Waals surface area contributed by atoms with E-state index in [1.807, 2.05) is 4.90 Å². The molecule has 0 bridgehead atoms. The smallest absolute Gasteiger partial charge is 0.237 e. The van der Waals surface area contributed by atoms with Crippen LogP contribution in [0, 0.1) is 0 Å². The van der Waals surface area contributed by atoms with Crippen LogP contribution >= 0.6 is 0 Å². The zero-order valence-corrected chi connectivity index (χ0v) is 9.50. The number of likely N-dealkylation sites (tertiary alicyclic amines) is 1. The van der Waals surface area contributed by atoms with Crippen molar-refractivity contribution in [2.24, 2.45) is 0 Å². The third kappa shape index (κ3) is 2.72. The lowest BCUT2D eigenvalue weighted by atomic mass is 10.1. The molecular weight excluding hydrogens is 206 g/mol. The second-order valence-electron chi connectivity index (χ2n) is 4.44. The molecule has 2 aliphatic rings. The molecule has 5 heteroatoms. The van der Waals surface area contributed by atoms with E-state index >= 15 is 0 Å². The van der Waals surface area contributed by atoms with E-state index < -0.39 is 0 Å². The van der Waals surface area contributed by atoms with Gasteiger partial charge >= 0.3 is 0 Å². The molecule has 1 unspecified atom stereocenters. The van der Waals surface area contributed by atoms with E-state index in [2.05, 4.69) is 10.6 Å². The number of hydrogen-bond acceptors (Lipinski definition) is 3. The molecule has 2 N–H and O–H groups in total. The molecule has 2 heterocycles. The summed E-state index contributed by atoms with van der Waals surface area (Å²) in [4.78, 5) is 25.3. The van der Waals surface area contributed by atoms with Crippen molar-refractivity contribution in [1.82, 2.24) is 15.5 Å². The van der Waals surface area contributed by atoms with E-state index in [0.29, 0.717) is 13.0 Å². The molecule has 2 saturated heterocycles. The second-order valence-corrected chi connectivity index (χ2v) is 4.44. The van der Waals surface area contributed by atoms with Gasteiger partial charge in [0.15, 0.2) is 0 Å². The van der Waals surface area contributed by atoms with Crippen LogP contribution in [0.25, 0.3) is 0 Å². The quantitative estimate of drug-likeness (QED) is 0.664. The Morgan fingerprint density at radius 1 is 1.25 bits per heavy atom. The molecule has 2 aliphatic heterocycles. The summed E-state index contributed by atoms with van der Waals surface area (Å²) in [5.74, 6) is 0.0610. The van der Waals surface area contributed by atoms with Crippen LogP contribution in [0.15, 0.2) is 0 Å². The Kier molecular flexibility index (Phi) is 3.77. The molecule has 0 aliphatic carbocycles. The summed E-state index contributed by atoms with van der Waals surface area (Å²) in [7, 11) is 0. The first-order valence-electron chi connectivity index (χ1n) is 6.06. The summed E-state index contributed by atoms with van der Waals surface area (Å²) >= 11 is 0. The van der Waals surface area contributed by atoms with Crippen LogP contribution in [0.2, 0.25) is 0 Å². The minimum absolute atomic E-state index is 0.0448. The van der Waals surface area contributed by atoms with Crippen molar-refractivity contribution in [2.75, 3.05) is 26.2 Å². The predicted molar refractivity (Wildman–Crippen MR) is 59.8 cm³/mol. The van der Waals surface area contributed by atoms with Crippen LogP contribution in [0.4, 0.5) is 0 Å². The van der Waals surface area contributed by atoms with Crippen LogP contribution in [-0.2, 0) is 9.59 Å². The Hall–Kier alpha value is -1.10. The number of carbonyl (C=O) groups is 2. The maximum Gasteiger partial charge on any atom is 0.237 e. The summed E-state index contributed by atoms with van der Waals surface area (Å²) in [5, 5.41) is 5.85. The van der Waals surface area contributed by atoms with E-state index in [1.165, 1.54) is 6.42 Å². The lowest BCUT2D eigenvalue weighted by Crippen LogP contribution is -2.54. The summed E-state index contributed by atoms with van der Waals surface area (Å²) in [6.45, 7) is 3.12. The molecule has 0 saturated carbocycles. The van der Waals surface area contributed by atoms with E-state index in [-0.39, 0.29) is 17.9 Å². The minimum atomic E-state index is -0.330. The maximum atomic E-state index is 11.9. The first kappa shape index (κ1) is 11.4. The predicted octanol–water partition coefficient (Wildman–Crippen LogP) is -0.523. The molecule has 2 rings (SSSR count). The Morgan fingerprint density at radius 3 is 2.69 bits per heavy atom. The van der Waals surface area contributed by atoms with Crippen molar-refractivity contribution in [3.05, 3.63) is 0 Å². The van der Waals surface area contributed by atoms with Crippen LogP contribution in [0.3, 0.4) is 0 Å². The van der Waals surface area contributed by atoms with Crippen LogP contribution in [-0.4, -0.2) is 48.9 Å². The molecule has 0 spiro atoms. The number of rotatable bonds is 2. The third-order valence-electron chi connectivity index (χ3n) is 3.22.